The second-order valence-corrected chi connectivity index (χ2v) is 7.46. The molecule has 0 aliphatic carbocycles. The highest BCUT2D eigenvalue weighted by Gasteiger charge is 2.33. The number of carbonyl (C=O) groups is 1. The quantitative estimate of drug-likeness (QED) is 0.641. The Kier molecular flexibility index (Phi) is 5.69. The number of imidazole rings is 1. The van der Waals surface area contributed by atoms with Gasteiger partial charge in [-0.05, 0) is 24.5 Å². The van der Waals surface area contributed by atoms with Crippen molar-refractivity contribution < 1.29 is 4.79 Å². The molecule has 0 saturated heterocycles. The smallest absolute Gasteiger partial charge is 0.229 e. The van der Waals surface area contributed by atoms with Gasteiger partial charge in [0.2, 0.25) is 5.91 Å². The molecule has 0 radical (unpaired) electrons. The molecular weight excluding hydrogens is 340 g/mol. The molecule has 0 atom stereocenters. The van der Waals surface area contributed by atoms with Crippen molar-refractivity contribution in [2.75, 3.05) is 6.54 Å². The van der Waals surface area contributed by atoms with Crippen molar-refractivity contribution in [3.63, 3.8) is 0 Å². The number of amides is 1. The Morgan fingerprint density at radius 2 is 2.07 bits per heavy atom. The fourth-order valence-corrected chi connectivity index (χ4v) is 3.23. The van der Waals surface area contributed by atoms with Crippen LogP contribution >= 0.6 is 0 Å². The lowest BCUT2D eigenvalue weighted by molar-refractivity contribution is -0.141. The largest absolute Gasteiger partial charge is 0.347 e. The zero-order chi connectivity index (χ0) is 19.3. The van der Waals surface area contributed by atoms with Crippen LogP contribution in [0.25, 0.3) is 0 Å². The summed E-state index contributed by atoms with van der Waals surface area (Å²) in [6.45, 7) is 7.09. The molecule has 1 amide bonds. The lowest BCUT2D eigenvalue weighted by Crippen LogP contribution is -2.43. The van der Waals surface area contributed by atoms with E-state index in [4.69, 9.17) is 0 Å². The van der Waals surface area contributed by atoms with Crippen LogP contribution in [0.15, 0.2) is 42.9 Å². The Hall–Kier alpha value is -2.96. The Labute approximate surface area is 159 Å². The van der Waals surface area contributed by atoms with E-state index in [2.05, 4.69) is 44.4 Å². The van der Waals surface area contributed by atoms with Crippen molar-refractivity contribution in [2.45, 2.75) is 40.2 Å². The zero-order valence-corrected chi connectivity index (χ0v) is 16.1. The number of rotatable bonds is 8. The maximum absolute atomic E-state index is 13.3. The van der Waals surface area contributed by atoms with Gasteiger partial charge in [-0.3, -0.25) is 4.79 Å². The highest BCUT2D eigenvalue weighted by molar-refractivity contribution is 5.82. The van der Waals surface area contributed by atoms with Gasteiger partial charge < -0.3 is 9.88 Å². The second kappa shape index (κ2) is 8.16. The SMILES string of the molecule is Cc1ccccc1CCN(Cc1ncc[nH]1)C(=O)C(C)(C)Cc1cn[nH]n1. The highest BCUT2D eigenvalue weighted by atomic mass is 16.2. The Bertz CT molecular complexity index is 855. The van der Waals surface area contributed by atoms with Gasteiger partial charge in [0.15, 0.2) is 0 Å². The average molecular weight is 366 g/mol. The van der Waals surface area contributed by atoms with Crippen LogP contribution in [-0.2, 0) is 24.2 Å². The maximum Gasteiger partial charge on any atom is 0.229 e. The molecule has 0 aliphatic rings. The van der Waals surface area contributed by atoms with E-state index in [0.717, 1.165) is 17.9 Å². The summed E-state index contributed by atoms with van der Waals surface area (Å²) < 4.78 is 0. The minimum absolute atomic E-state index is 0.0792. The molecule has 0 saturated carbocycles. The number of aromatic nitrogens is 5. The monoisotopic (exact) mass is 366 g/mol. The summed E-state index contributed by atoms with van der Waals surface area (Å²) >= 11 is 0. The number of hydrogen-bond donors (Lipinski definition) is 2. The summed E-state index contributed by atoms with van der Waals surface area (Å²) in [6.07, 6.45) is 6.49. The van der Waals surface area contributed by atoms with Crippen molar-refractivity contribution >= 4 is 5.91 Å². The fraction of sp³-hybridized carbons (Fsp3) is 0.400. The van der Waals surface area contributed by atoms with E-state index >= 15 is 0 Å². The zero-order valence-electron chi connectivity index (χ0n) is 16.1. The van der Waals surface area contributed by atoms with Crippen LogP contribution in [-0.4, -0.2) is 42.7 Å². The molecule has 3 rings (SSSR count). The van der Waals surface area contributed by atoms with Gasteiger partial charge in [-0.1, -0.05) is 38.1 Å². The molecule has 0 bridgehead atoms. The first-order valence-electron chi connectivity index (χ1n) is 9.12. The van der Waals surface area contributed by atoms with Crippen LogP contribution in [0.2, 0.25) is 0 Å². The minimum atomic E-state index is -0.588. The number of H-pyrrole nitrogens is 2. The van der Waals surface area contributed by atoms with E-state index in [-0.39, 0.29) is 5.91 Å². The molecule has 3 aromatic rings. The predicted molar refractivity (Wildman–Crippen MR) is 103 cm³/mol. The first-order chi connectivity index (χ1) is 13.0. The molecule has 2 aromatic heterocycles. The van der Waals surface area contributed by atoms with E-state index in [0.29, 0.717) is 19.5 Å². The molecule has 7 nitrogen and oxygen atoms in total. The first kappa shape index (κ1) is 18.8. The van der Waals surface area contributed by atoms with Crippen LogP contribution in [0, 0.1) is 12.3 Å². The van der Waals surface area contributed by atoms with E-state index in [9.17, 15) is 4.79 Å². The summed E-state index contributed by atoms with van der Waals surface area (Å²) in [7, 11) is 0. The number of nitrogens with zero attached hydrogens (tertiary/aromatic N) is 4. The van der Waals surface area contributed by atoms with Crippen molar-refractivity contribution in [3.05, 3.63) is 65.5 Å². The molecule has 0 unspecified atom stereocenters. The predicted octanol–water partition coefficient (Wildman–Crippen LogP) is 2.68. The van der Waals surface area contributed by atoms with Gasteiger partial charge >= 0.3 is 0 Å². The number of benzene rings is 1. The van der Waals surface area contributed by atoms with Crippen LogP contribution in [0.4, 0.5) is 0 Å². The summed E-state index contributed by atoms with van der Waals surface area (Å²) in [6, 6.07) is 8.29. The third-order valence-corrected chi connectivity index (χ3v) is 4.76. The van der Waals surface area contributed by atoms with E-state index in [1.807, 2.05) is 30.9 Å². The number of aromatic amines is 2. The van der Waals surface area contributed by atoms with Crippen LogP contribution < -0.4 is 0 Å². The van der Waals surface area contributed by atoms with Crippen molar-refractivity contribution in [3.8, 4) is 0 Å². The van der Waals surface area contributed by atoms with Crippen molar-refractivity contribution in [1.29, 1.82) is 0 Å². The minimum Gasteiger partial charge on any atom is -0.347 e. The highest BCUT2D eigenvalue weighted by Crippen LogP contribution is 2.25. The number of nitrogens with one attached hydrogen (secondary N) is 2. The average Bonchev–Trinajstić information content (AvgIpc) is 3.33. The normalized spacial score (nSPS) is 11.5. The van der Waals surface area contributed by atoms with Gasteiger partial charge in [-0.25, -0.2) is 4.98 Å². The molecule has 142 valence electrons. The molecule has 7 heteroatoms. The number of carbonyl (C=O) groups excluding carboxylic acids is 1. The van der Waals surface area contributed by atoms with Gasteiger partial charge in [0.1, 0.15) is 5.82 Å². The fourth-order valence-electron chi connectivity index (χ4n) is 3.23. The maximum atomic E-state index is 13.3. The van der Waals surface area contributed by atoms with Crippen LogP contribution in [0.1, 0.15) is 36.5 Å². The van der Waals surface area contributed by atoms with Gasteiger partial charge in [0, 0.05) is 30.8 Å². The molecule has 27 heavy (non-hydrogen) atoms. The summed E-state index contributed by atoms with van der Waals surface area (Å²) in [4.78, 5) is 22.6. The van der Waals surface area contributed by atoms with Crippen LogP contribution in [0.3, 0.4) is 0 Å². The van der Waals surface area contributed by atoms with Crippen molar-refractivity contribution in [2.24, 2.45) is 5.41 Å². The second-order valence-electron chi connectivity index (χ2n) is 7.46. The molecule has 2 N–H and O–H groups in total. The van der Waals surface area contributed by atoms with Gasteiger partial charge in [-0.15, -0.1) is 0 Å². The lowest BCUT2D eigenvalue weighted by Gasteiger charge is -2.31. The Morgan fingerprint density at radius 3 is 2.74 bits per heavy atom. The van der Waals surface area contributed by atoms with Gasteiger partial charge in [0.05, 0.1) is 18.4 Å². The Balaban J connectivity index is 1.75. The number of hydrogen-bond acceptors (Lipinski definition) is 4. The molecule has 0 aliphatic heterocycles. The third-order valence-electron chi connectivity index (χ3n) is 4.76. The van der Waals surface area contributed by atoms with Crippen molar-refractivity contribution in [1.82, 2.24) is 30.3 Å². The van der Waals surface area contributed by atoms with Gasteiger partial charge in [0.25, 0.3) is 0 Å². The van der Waals surface area contributed by atoms with Crippen LogP contribution in [0.5, 0.6) is 0 Å². The van der Waals surface area contributed by atoms with E-state index in [1.165, 1.54) is 11.1 Å². The summed E-state index contributed by atoms with van der Waals surface area (Å²) in [5.41, 5.74) is 2.69. The molecular formula is C20H26N6O. The van der Waals surface area contributed by atoms with E-state index < -0.39 is 5.41 Å². The topological polar surface area (TPSA) is 90.6 Å². The first-order valence-corrected chi connectivity index (χ1v) is 9.12. The van der Waals surface area contributed by atoms with Gasteiger partial charge in [-0.2, -0.15) is 15.4 Å². The standard InChI is InChI=1S/C20H26N6O/c1-15-6-4-5-7-16(15)8-11-26(14-18-21-9-10-22-18)19(27)20(2,3)12-17-13-23-25-24-17/h4-7,9-10,13H,8,11-12,14H2,1-3H3,(H,21,22)(H,23,24,25). The number of aryl methyl sites for hydroxylation is 1. The lowest BCUT2D eigenvalue weighted by atomic mass is 9.86. The summed E-state index contributed by atoms with van der Waals surface area (Å²) in [5.74, 6) is 0.862. The summed E-state index contributed by atoms with van der Waals surface area (Å²) in [5, 5.41) is 10.5. The molecule has 0 spiro atoms. The third kappa shape index (κ3) is 4.81. The molecule has 2 heterocycles. The molecule has 1 aromatic carbocycles. The Morgan fingerprint density at radius 1 is 1.26 bits per heavy atom. The van der Waals surface area contributed by atoms with E-state index in [1.54, 1.807) is 18.6 Å². The molecule has 0 fully saturated rings.